The molecule has 0 spiro atoms. The minimum Gasteiger partial charge on any atom is -0.492 e. The predicted molar refractivity (Wildman–Crippen MR) is 87.0 cm³/mol. The van der Waals surface area contributed by atoms with Gasteiger partial charge in [0.1, 0.15) is 12.4 Å². The lowest BCUT2D eigenvalue weighted by Gasteiger charge is -2.33. The summed E-state index contributed by atoms with van der Waals surface area (Å²) in [5.41, 5.74) is 5.95. The van der Waals surface area contributed by atoms with Crippen molar-refractivity contribution in [3.8, 4) is 5.75 Å². The van der Waals surface area contributed by atoms with E-state index in [0.717, 1.165) is 37.0 Å². The molecule has 2 N–H and O–H groups in total. The van der Waals surface area contributed by atoms with Gasteiger partial charge in [-0.15, -0.1) is 12.4 Å². The highest BCUT2D eigenvalue weighted by atomic mass is 35.5. The van der Waals surface area contributed by atoms with E-state index in [4.69, 9.17) is 22.1 Å². The third kappa shape index (κ3) is 5.49. The van der Waals surface area contributed by atoms with E-state index in [2.05, 4.69) is 11.8 Å². The molecule has 1 atom stereocenters. The van der Waals surface area contributed by atoms with Crippen molar-refractivity contribution in [2.75, 3.05) is 26.2 Å². The van der Waals surface area contributed by atoms with Gasteiger partial charge < -0.3 is 10.5 Å². The molecule has 1 heterocycles. The van der Waals surface area contributed by atoms with Gasteiger partial charge in [-0.05, 0) is 63.0 Å². The summed E-state index contributed by atoms with van der Waals surface area (Å²) in [4.78, 5) is 2.45. The van der Waals surface area contributed by atoms with Crippen LogP contribution in [0, 0.1) is 5.92 Å². The smallest absolute Gasteiger partial charge is 0.119 e. The Labute approximate surface area is 132 Å². The van der Waals surface area contributed by atoms with E-state index in [-0.39, 0.29) is 12.4 Å². The molecule has 0 saturated carbocycles. The maximum absolute atomic E-state index is 5.95. The van der Waals surface area contributed by atoms with Gasteiger partial charge in [-0.1, -0.05) is 11.6 Å². The molecular weight excluding hydrogens is 295 g/mol. The molecule has 5 heteroatoms. The van der Waals surface area contributed by atoms with Crippen molar-refractivity contribution in [2.24, 2.45) is 11.7 Å². The summed E-state index contributed by atoms with van der Waals surface area (Å²) in [6, 6.07) is 7.85. The SMILES string of the molecule is CC(N)C1CCN(CCOc2ccc(Cl)cc2)CC1.Cl. The van der Waals surface area contributed by atoms with Crippen LogP contribution in [0.2, 0.25) is 5.02 Å². The first-order chi connectivity index (χ1) is 9.15. The normalized spacial score (nSPS) is 18.4. The Morgan fingerprint density at radius 3 is 2.45 bits per heavy atom. The van der Waals surface area contributed by atoms with Crippen LogP contribution in [0.5, 0.6) is 5.75 Å². The molecule has 1 aliphatic heterocycles. The second kappa shape index (κ2) is 8.73. The topological polar surface area (TPSA) is 38.5 Å². The zero-order valence-electron chi connectivity index (χ0n) is 11.9. The van der Waals surface area contributed by atoms with Crippen LogP contribution in [0.3, 0.4) is 0 Å². The summed E-state index contributed by atoms with van der Waals surface area (Å²) in [5, 5.41) is 0.741. The Morgan fingerprint density at radius 1 is 1.30 bits per heavy atom. The second-order valence-corrected chi connectivity index (χ2v) is 5.78. The lowest BCUT2D eigenvalue weighted by Crippen LogP contribution is -2.41. The molecule has 2 rings (SSSR count). The molecule has 0 amide bonds. The number of rotatable bonds is 5. The molecule has 0 aliphatic carbocycles. The highest BCUT2D eigenvalue weighted by Crippen LogP contribution is 2.19. The molecule has 1 saturated heterocycles. The second-order valence-electron chi connectivity index (χ2n) is 5.34. The molecule has 1 fully saturated rings. The standard InChI is InChI=1S/C15H23ClN2O.ClH/c1-12(17)13-6-8-18(9-7-13)10-11-19-15-4-2-14(16)3-5-15;/h2-5,12-13H,6-11,17H2,1H3;1H. The first-order valence-electron chi connectivity index (χ1n) is 7.01. The summed E-state index contributed by atoms with van der Waals surface area (Å²) in [7, 11) is 0. The Kier molecular flexibility index (Phi) is 7.67. The first kappa shape index (κ1) is 17.6. The van der Waals surface area contributed by atoms with E-state index in [0.29, 0.717) is 12.0 Å². The van der Waals surface area contributed by atoms with Crippen LogP contribution < -0.4 is 10.5 Å². The molecule has 1 aromatic rings. The largest absolute Gasteiger partial charge is 0.492 e. The van der Waals surface area contributed by atoms with Crippen LogP contribution in [0.1, 0.15) is 19.8 Å². The van der Waals surface area contributed by atoms with E-state index < -0.39 is 0 Å². The number of nitrogens with two attached hydrogens (primary N) is 1. The number of nitrogens with zero attached hydrogens (tertiary/aromatic N) is 1. The lowest BCUT2D eigenvalue weighted by atomic mass is 9.91. The van der Waals surface area contributed by atoms with Crippen LogP contribution in [0.15, 0.2) is 24.3 Å². The van der Waals surface area contributed by atoms with Crippen molar-refractivity contribution >= 4 is 24.0 Å². The monoisotopic (exact) mass is 318 g/mol. The average Bonchev–Trinajstić information content (AvgIpc) is 2.41. The van der Waals surface area contributed by atoms with Gasteiger partial charge in [-0.25, -0.2) is 0 Å². The van der Waals surface area contributed by atoms with Crippen LogP contribution in [-0.2, 0) is 0 Å². The van der Waals surface area contributed by atoms with Crippen LogP contribution in [0.4, 0.5) is 0 Å². The number of hydrogen-bond donors (Lipinski definition) is 1. The zero-order valence-corrected chi connectivity index (χ0v) is 13.5. The van der Waals surface area contributed by atoms with Gasteiger partial charge in [0.15, 0.2) is 0 Å². The number of ether oxygens (including phenoxy) is 1. The summed E-state index contributed by atoms with van der Waals surface area (Å²) in [6.45, 7) is 6.09. The van der Waals surface area contributed by atoms with E-state index >= 15 is 0 Å². The van der Waals surface area contributed by atoms with Gasteiger partial charge in [0.05, 0.1) is 0 Å². The van der Waals surface area contributed by atoms with Gasteiger partial charge in [-0.2, -0.15) is 0 Å². The Morgan fingerprint density at radius 2 is 1.90 bits per heavy atom. The quantitative estimate of drug-likeness (QED) is 0.906. The van der Waals surface area contributed by atoms with Crippen molar-refractivity contribution in [3.63, 3.8) is 0 Å². The Hall–Kier alpha value is -0.480. The molecule has 1 unspecified atom stereocenters. The molecule has 3 nitrogen and oxygen atoms in total. The van der Waals surface area contributed by atoms with Crippen LogP contribution in [0.25, 0.3) is 0 Å². The zero-order chi connectivity index (χ0) is 13.7. The molecule has 20 heavy (non-hydrogen) atoms. The first-order valence-corrected chi connectivity index (χ1v) is 7.39. The van der Waals surface area contributed by atoms with Gasteiger partial charge in [0, 0.05) is 17.6 Å². The highest BCUT2D eigenvalue weighted by molar-refractivity contribution is 6.30. The fraction of sp³-hybridized carbons (Fsp3) is 0.600. The summed E-state index contributed by atoms with van der Waals surface area (Å²) in [6.07, 6.45) is 2.41. The molecule has 114 valence electrons. The van der Waals surface area contributed by atoms with Gasteiger partial charge in [-0.3, -0.25) is 4.90 Å². The maximum Gasteiger partial charge on any atom is 0.119 e. The number of likely N-dealkylation sites (tertiary alicyclic amines) is 1. The number of benzene rings is 1. The van der Waals surface area contributed by atoms with Crippen molar-refractivity contribution in [3.05, 3.63) is 29.3 Å². The van der Waals surface area contributed by atoms with E-state index in [1.54, 1.807) is 0 Å². The average molecular weight is 319 g/mol. The summed E-state index contributed by atoms with van der Waals surface area (Å²) < 4.78 is 5.71. The van der Waals surface area contributed by atoms with Gasteiger partial charge in [0.25, 0.3) is 0 Å². The lowest BCUT2D eigenvalue weighted by molar-refractivity contribution is 0.147. The van der Waals surface area contributed by atoms with Gasteiger partial charge >= 0.3 is 0 Å². The number of halogens is 2. The fourth-order valence-corrected chi connectivity index (χ4v) is 2.65. The molecule has 0 aromatic heterocycles. The van der Waals surface area contributed by atoms with Crippen molar-refractivity contribution in [2.45, 2.75) is 25.8 Å². The highest BCUT2D eigenvalue weighted by Gasteiger charge is 2.21. The molecule has 1 aliphatic rings. The van der Waals surface area contributed by atoms with Crippen LogP contribution in [-0.4, -0.2) is 37.2 Å². The van der Waals surface area contributed by atoms with Crippen molar-refractivity contribution in [1.29, 1.82) is 0 Å². The predicted octanol–water partition coefficient (Wildman–Crippen LogP) is 3.20. The molecule has 0 bridgehead atoms. The minimum atomic E-state index is 0. The van der Waals surface area contributed by atoms with E-state index in [1.165, 1.54) is 12.8 Å². The third-order valence-electron chi connectivity index (χ3n) is 3.87. The van der Waals surface area contributed by atoms with E-state index in [1.807, 2.05) is 24.3 Å². The summed E-state index contributed by atoms with van der Waals surface area (Å²) in [5.74, 6) is 1.57. The van der Waals surface area contributed by atoms with E-state index in [9.17, 15) is 0 Å². The molecule has 0 radical (unpaired) electrons. The summed E-state index contributed by atoms with van der Waals surface area (Å²) >= 11 is 5.83. The minimum absolute atomic E-state index is 0. The molecule has 1 aromatic carbocycles. The Bertz CT molecular complexity index is 376. The fourth-order valence-electron chi connectivity index (χ4n) is 2.53. The Balaban J connectivity index is 0.00000200. The van der Waals surface area contributed by atoms with Crippen molar-refractivity contribution in [1.82, 2.24) is 4.90 Å². The number of piperidine rings is 1. The third-order valence-corrected chi connectivity index (χ3v) is 4.12. The van der Waals surface area contributed by atoms with Crippen molar-refractivity contribution < 1.29 is 4.74 Å². The van der Waals surface area contributed by atoms with Crippen LogP contribution >= 0.6 is 24.0 Å². The number of hydrogen-bond acceptors (Lipinski definition) is 3. The van der Waals surface area contributed by atoms with Gasteiger partial charge in [0.2, 0.25) is 0 Å². The molecular formula is C15H24Cl2N2O. The maximum atomic E-state index is 5.95.